The van der Waals surface area contributed by atoms with E-state index in [1.807, 2.05) is 0 Å². The lowest BCUT2D eigenvalue weighted by Gasteiger charge is -2.13. The maximum atomic E-state index is 12.2. The van der Waals surface area contributed by atoms with Gasteiger partial charge in [0.05, 0.1) is 24.1 Å². The quantitative estimate of drug-likeness (QED) is 0.802. The van der Waals surface area contributed by atoms with Crippen molar-refractivity contribution in [3.05, 3.63) is 24.0 Å². The van der Waals surface area contributed by atoms with E-state index >= 15 is 0 Å². The molecule has 0 aliphatic carbocycles. The molecule has 2 aromatic rings. The molecular formula is C11H14F2N4. The largest absolute Gasteiger partial charge is 0.399 e. The van der Waals surface area contributed by atoms with Gasteiger partial charge in [0.15, 0.2) is 0 Å². The Kier molecular flexibility index (Phi) is 3.23. The third kappa shape index (κ3) is 2.91. The predicted molar refractivity (Wildman–Crippen MR) is 62.8 cm³/mol. The lowest BCUT2D eigenvalue weighted by atomic mass is 10.3. The van der Waals surface area contributed by atoms with Crippen molar-refractivity contribution in [2.24, 2.45) is 0 Å². The number of aromatic amines is 1. The highest BCUT2D eigenvalue weighted by Gasteiger charge is 2.10. The Labute approximate surface area is 97.4 Å². The van der Waals surface area contributed by atoms with Gasteiger partial charge in [-0.05, 0) is 25.2 Å². The number of fused-ring (bicyclic) bond motifs is 1. The molecule has 0 fully saturated rings. The number of nitrogen functional groups attached to an aromatic ring is 1. The minimum atomic E-state index is -2.33. The number of hydrogen-bond acceptors (Lipinski definition) is 3. The zero-order valence-corrected chi connectivity index (χ0v) is 9.45. The molecule has 0 spiro atoms. The number of imidazole rings is 1. The molecular weight excluding hydrogens is 226 g/mol. The fourth-order valence-electron chi connectivity index (χ4n) is 1.71. The van der Waals surface area contributed by atoms with Crippen molar-refractivity contribution < 1.29 is 8.78 Å². The van der Waals surface area contributed by atoms with Gasteiger partial charge in [-0.15, -0.1) is 0 Å². The Hall–Kier alpha value is -1.69. The second kappa shape index (κ2) is 4.67. The number of benzene rings is 1. The molecule has 1 aromatic carbocycles. The molecule has 4 nitrogen and oxygen atoms in total. The van der Waals surface area contributed by atoms with Gasteiger partial charge in [-0.25, -0.2) is 13.8 Å². The molecule has 0 bridgehead atoms. The highest BCUT2D eigenvalue weighted by molar-refractivity contribution is 5.78. The third-order valence-electron chi connectivity index (χ3n) is 2.42. The number of nitrogens with zero attached hydrogens (tertiary/aromatic N) is 2. The number of nitrogens with two attached hydrogens (primary N) is 1. The molecule has 2 rings (SSSR count). The molecule has 1 aromatic heterocycles. The van der Waals surface area contributed by atoms with Crippen molar-refractivity contribution in [1.29, 1.82) is 0 Å². The van der Waals surface area contributed by atoms with E-state index in [1.54, 1.807) is 25.2 Å². The maximum absolute atomic E-state index is 12.2. The normalized spacial score (nSPS) is 11.8. The van der Waals surface area contributed by atoms with Gasteiger partial charge in [-0.1, -0.05) is 0 Å². The highest BCUT2D eigenvalue weighted by atomic mass is 19.3. The van der Waals surface area contributed by atoms with E-state index in [9.17, 15) is 8.78 Å². The van der Waals surface area contributed by atoms with Gasteiger partial charge in [-0.3, -0.25) is 4.90 Å². The number of anilines is 1. The van der Waals surface area contributed by atoms with Crippen molar-refractivity contribution in [3.63, 3.8) is 0 Å². The molecule has 0 unspecified atom stereocenters. The number of H-pyrrole nitrogens is 1. The van der Waals surface area contributed by atoms with Crippen molar-refractivity contribution >= 4 is 16.7 Å². The summed E-state index contributed by atoms with van der Waals surface area (Å²) in [5, 5.41) is 0. The van der Waals surface area contributed by atoms with Crippen LogP contribution in [0.1, 0.15) is 5.82 Å². The predicted octanol–water partition coefficient (Wildman–Crippen LogP) is 1.84. The average molecular weight is 240 g/mol. The molecule has 0 saturated carbocycles. The van der Waals surface area contributed by atoms with Gasteiger partial charge in [0.2, 0.25) is 0 Å². The van der Waals surface area contributed by atoms with Gasteiger partial charge in [0, 0.05) is 5.69 Å². The first-order chi connectivity index (χ1) is 8.04. The number of nitrogens with one attached hydrogen (secondary N) is 1. The fraction of sp³-hybridized carbons (Fsp3) is 0.364. The van der Waals surface area contributed by atoms with Gasteiger partial charge in [0.25, 0.3) is 6.43 Å². The van der Waals surface area contributed by atoms with Crippen LogP contribution in [0.3, 0.4) is 0 Å². The fourth-order valence-corrected chi connectivity index (χ4v) is 1.71. The molecule has 17 heavy (non-hydrogen) atoms. The SMILES string of the molecule is CN(Cc1nc2ccc(N)cc2[nH]1)CC(F)F. The van der Waals surface area contributed by atoms with Crippen molar-refractivity contribution in [2.75, 3.05) is 19.3 Å². The lowest BCUT2D eigenvalue weighted by molar-refractivity contribution is 0.0966. The van der Waals surface area contributed by atoms with Crippen LogP contribution in [0, 0.1) is 0 Å². The van der Waals surface area contributed by atoms with E-state index in [0.717, 1.165) is 11.0 Å². The number of halogens is 2. The number of hydrogen-bond donors (Lipinski definition) is 2. The topological polar surface area (TPSA) is 57.9 Å². The zero-order chi connectivity index (χ0) is 12.4. The smallest absolute Gasteiger partial charge is 0.251 e. The molecule has 0 saturated heterocycles. The minimum absolute atomic E-state index is 0.265. The summed E-state index contributed by atoms with van der Waals surface area (Å²) in [6.07, 6.45) is -2.33. The van der Waals surface area contributed by atoms with E-state index in [2.05, 4.69) is 9.97 Å². The number of alkyl halides is 2. The zero-order valence-electron chi connectivity index (χ0n) is 9.45. The van der Waals surface area contributed by atoms with E-state index in [4.69, 9.17) is 5.73 Å². The molecule has 1 heterocycles. The van der Waals surface area contributed by atoms with Crippen LogP contribution in [0.25, 0.3) is 11.0 Å². The second-order valence-corrected chi connectivity index (χ2v) is 4.05. The van der Waals surface area contributed by atoms with Gasteiger partial charge in [0.1, 0.15) is 5.82 Å². The van der Waals surface area contributed by atoms with Crippen LogP contribution >= 0.6 is 0 Å². The number of aromatic nitrogens is 2. The van der Waals surface area contributed by atoms with Crippen LogP contribution in [-0.4, -0.2) is 34.9 Å². The van der Waals surface area contributed by atoms with Crippen LogP contribution in [0.5, 0.6) is 0 Å². The Morgan fingerprint density at radius 3 is 2.94 bits per heavy atom. The first-order valence-electron chi connectivity index (χ1n) is 5.25. The molecule has 0 radical (unpaired) electrons. The van der Waals surface area contributed by atoms with E-state index in [-0.39, 0.29) is 6.54 Å². The van der Waals surface area contributed by atoms with E-state index in [0.29, 0.717) is 18.1 Å². The Morgan fingerprint density at radius 1 is 1.47 bits per heavy atom. The molecule has 3 N–H and O–H groups in total. The third-order valence-corrected chi connectivity index (χ3v) is 2.42. The first-order valence-corrected chi connectivity index (χ1v) is 5.25. The van der Waals surface area contributed by atoms with Crippen LogP contribution < -0.4 is 5.73 Å². The molecule has 0 amide bonds. The van der Waals surface area contributed by atoms with Crippen LogP contribution in [0.4, 0.5) is 14.5 Å². The number of rotatable bonds is 4. The maximum Gasteiger partial charge on any atom is 0.251 e. The van der Waals surface area contributed by atoms with Crippen molar-refractivity contribution in [1.82, 2.24) is 14.9 Å². The highest BCUT2D eigenvalue weighted by Crippen LogP contribution is 2.15. The van der Waals surface area contributed by atoms with E-state index < -0.39 is 6.43 Å². The summed E-state index contributed by atoms with van der Waals surface area (Å²) < 4.78 is 24.3. The molecule has 0 aliphatic rings. The standard InChI is InChI=1S/C11H14F2N4/c1-17(5-10(12)13)6-11-15-8-3-2-7(14)4-9(8)16-11/h2-4,10H,5-6,14H2,1H3,(H,15,16). The summed E-state index contributed by atoms with van der Waals surface area (Å²) in [6.45, 7) is 0.0953. The summed E-state index contributed by atoms with van der Waals surface area (Å²) in [6, 6.07) is 5.34. The van der Waals surface area contributed by atoms with Gasteiger partial charge >= 0.3 is 0 Å². The van der Waals surface area contributed by atoms with Crippen LogP contribution in [0.2, 0.25) is 0 Å². The second-order valence-electron chi connectivity index (χ2n) is 4.05. The summed E-state index contributed by atoms with van der Waals surface area (Å²) in [5.74, 6) is 0.661. The van der Waals surface area contributed by atoms with Crippen LogP contribution in [0.15, 0.2) is 18.2 Å². The molecule has 0 atom stereocenters. The average Bonchev–Trinajstić information content (AvgIpc) is 2.57. The molecule has 92 valence electrons. The molecule has 6 heteroatoms. The van der Waals surface area contributed by atoms with Gasteiger partial charge < -0.3 is 10.7 Å². The Balaban J connectivity index is 2.14. The molecule has 0 aliphatic heterocycles. The summed E-state index contributed by atoms with van der Waals surface area (Å²) >= 11 is 0. The first kappa shape index (κ1) is 11.8. The van der Waals surface area contributed by atoms with E-state index in [1.165, 1.54) is 4.90 Å². The summed E-state index contributed by atoms with van der Waals surface area (Å²) in [4.78, 5) is 8.89. The summed E-state index contributed by atoms with van der Waals surface area (Å²) in [7, 11) is 1.63. The van der Waals surface area contributed by atoms with Crippen molar-refractivity contribution in [3.8, 4) is 0 Å². The van der Waals surface area contributed by atoms with Crippen LogP contribution in [-0.2, 0) is 6.54 Å². The Bertz CT molecular complexity index is 509. The van der Waals surface area contributed by atoms with Gasteiger partial charge in [-0.2, -0.15) is 0 Å². The lowest BCUT2D eigenvalue weighted by Crippen LogP contribution is -2.24. The Morgan fingerprint density at radius 2 is 2.24 bits per heavy atom. The monoisotopic (exact) mass is 240 g/mol. The van der Waals surface area contributed by atoms with Crippen molar-refractivity contribution in [2.45, 2.75) is 13.0 Å². The minimum Gasteiger partial charge on any atom is -0.399 e. The summed E-state index contributed by atoms with van der Waals surface area (Å²) in [5.41, 5.74) is 7.91.